The Balaban J connectivity index is 0.00000320. The summed E-state index contributed by atoms with van der Waals surface area (Å²) in [4.78, 5) is 14.2. The van der Waals surface area contributed by atoms with Gasteiger partial charge in [-0.15, -0.1) is 12.4 Å². The van der Waals surface area contributed by atoms with Crippen LogP contribution in [0.4, 0.5) is 11.4 Å². The zero-order valence-corrected chi connectivity index (χ0v) is 19.8. The molecular formula is C21H34ClN3O4S. The SMILES string of the molecule is CCS(=O)(=O)NC1CCC(CNc2ccc3c(c2)OC(C)C(=O)N3C(C)C)CC1.Cl. The summed E-state index contributed by atoms with van der Waals surface area (Å²) in [6.45, 7) is 8.29. The fourth-order valence-electron chi connectivity index (χ4n) is 4.09. The van der Waals surface area contributed by atoms with Crippen molar-refractivity contribution in [2.75, 3.05) is 22.5 Å². The number of amides is 1. The summed E-state index contributed by atoms with van der Waals surface area (Å²) in [5.74, 6) is 1.37. The van der Waals surface area contributed by atoms with Crippen LogP contribution in [-0.2, 0) is 14.8 Å². The number of rotatable bonds is 7. The molecule has 170 valence electrons. The number of carbonyl (C=O) groups excluding carboxylic acids is 1. The molecule has 1 aromatic rings. The number of fused-ring (bicyclic) bond motifs is 1. The first-order valence-corrected chi connectivity index (χ1v) is 12.2. The molecule has 3 rings (SSSR count). The number of anilines is 2. The molecule has 1 heterocycles. The quantitative estimate of drug-likeness (QED) is 0.651. The molecule has 7 nitrogen and oxygen atoms in total. The van der Waals surface area contributed by atoms with Crippen LogP contribution in [0.3, 0.4) is 0 Å². The van der Waals surface area contributed by atoms with Crippen LogP contribution in [0.2, 0.25) is 0 Å². The molecule has 2 N–H and O–H groups in total. The second-order valence-electron chi connectivity index (χ2n) is 8.36. The average molecular weight is 460 g/mol. The van der Waals surface area contributed by atoms with E-state index in [4.69, 9.17) is 4.74 Å². The molecule has 0 saturated heterocycles. The molecule has 1 aromatic carbocycles. The van der Waals surface area contributed by atoms with Crippen molar-refractivity contribution in [1.82, 2.24) is 4.72 Å². The van der Waals surface area contributed by atoms with Gasteiger partial charge in [-0.1, -0.05) is 0 Å². The van der Waals surface area contributed by atoms with Crippen LogP contribution < -0.4 is 19.7 Å². The van der Waals surface area contributed by atoms with Crippen LogP contribution in [0.15, 0.2) is 18.2 Å². The summed E-state index contributed by atoms with van der Waals surface area (Å²) in [7, 11) is -3.13. The first kappa shape index (κ1) is 24.8. The van der Waals surface area contributed by atoms with Crippen molar-refractivity contribution >= 4 is 39.7 Å². The molecule has 1 unspecified atom stereocenters. The van der Waals surface area contributed by atoms with E-state index in [1.807, 2.05) is 32.0 Å². The Labute approximate surface area is 186 Å². The number of benzene rings is 1. The number of hydrogen-bond acceptors (Lipinski definition) is 5. The lowest BCUT2D eigenvalue weighted by Gasteiger charge is -2.36. The molecule has 0 spiro atoms. The minimum Gasteiger partial charge on any atom is -0.479 e. The highest BCUT2D eigenvalue weighted by Crippen LogP contribution is 2.37. The number of nitrogens with one attached hydrogen (secondary N) is 2. The summed E-state index contributed by atoms with van der Waals surface area (Å²) in [5.41, 5.74) is 1.79. The van der Waals surface area contributed by atoms with Crippen LogP contribution in [0.1, 0.15) is 53.4 Å². The van der Waals surface area contributed by atoms with Crippen LogP contribution in [0.5, 0.6) is 5.75 Å². The molecule has 30 heavy (non-hydrogen) atoms. The predicted molar refractivity (Wildman–Crippen MR) is 123 cm³/mol. The van der Waals surface area contributed by atoms with Gasteiger partial charge in [-0.3, -0.25) is 4.79 Å². The van der Waals surface area contributed by atoms with E-state index in [1.54, 1.807) is 18.7 Å². The van der Waals surface area contributed by atoms with E-state index < -0.39 is 16.1 Å². The van der Waals surface area contributed by atoms with Gasteiger partial charge in [0, 0.05) is 30.4 Å². The smallest absolute Gasteiger partial charge is 0.268 e. The number of carbonyl (C=O) groups is 1. The lowest BCUT2D eigenvalue weighted by molar-refractivity contribution is -0.125. The molecule has 1 amide bonds. The average Bonchev–Trinajstić information content (AvgIpc) is 2.68. The fourth-order valence-corrected chi connectivity index (χ4v) is 5.00. The molecule has 1 saturated carbocycles. The lowest BCUT2D eigenvalue weighted by atomic mass is 9.86. The normalized spacial score (nSPS) is 24.1. The minimum atomic E-state index is -3.13. The zero-order chi connectivity index (χ0) is 21.2. The van der Waals surface area contributed by atoms with Crippen molar-refractivity contribution in [2.45, 2.75) is 71.6 Å². The summed E-state index contributed by atoms with van der Waals surface area (Å²) in [6, 6.07) is 6.04. The largest absolute Gasteiger partial charge is 0.479 e. The zero-order valence-electron chi connectivity index (χ0n) is 18.2. The third kappa shape index (κ3) is 5.80. The highest BCUT2D eigenvalue weighted by molar-refractivity contribution is 7.89. The maximum Gasteiger partial charge on any atom is 0.268 e. The van der Waals surface area contributed by atoms with Crippen molar-refractivity contribution in [3.8, 4) is 5.75 Å². The molecule has 1 atom stereocenters. The molecule has 1 aliphatic heterocycles. The standard InChI is InChI=1S/C21H33N3O4S.ClH/c1-5-29(26,27)23-17-8-6-16(7-9-17)13-22-18-10-11-19-20(12-18)28-15(4)21(25)24(19)14(2)3;/h10-12,14-17,22-23H,5-9,13H2,1-4H3;1H. The second kappa shape index (κ2) is 10.2. The van der Waals surface area contributed by atoms with E-state index in [1.165, 1.54) is 0 Å². The molecular weight excluding hydrogens is 426 g/mol. The first-order chi connectivity index (χ1) is 13.7. The highest BCUT2D eigenvalue weighted by Gasteiger charge is 2.33. The fraction of sp³-hybridized carbons (Fsp3) is 0.667. The molecule has 0 aromatic heterocycles. The van der Waals surface area contributed by atoms with Crippen molar-refractivity contribution in [1.29, 1.82) is 0 Å². The van der Waals surface area contributed by atoms with Gasteiger partial charge in [-0.25, -0.2) is 13.1 Å². The van der Waals surface area contributed by atoms with Gasteiger partial charge < -0.3 is 15.0 Å². The van der Waals surface area contributed by atoms with Gasteiger partial charge in [0.15, 0.2) is 6.10 Å². The third-order valence-corrected chi connectivity index (χ3v) is 7.25. The van der Waals surface area contributed by atoms with Crippen LogP contribution in [0, 0.1) is 5.92 Å². The first-order valence-electron chi connectivity index (χ1n) is 10.6. The molecule has 0 radical (unpaired) electrons. The summed E-state index contributed by atoms with van der Waals surface area (Å²) in [6.07, 6.45) is 3.27. The maximum atomic E-state index is 12.4. The van der Waals surface area contributed by atoms with Gasteiger partial charge in [-0.05, 0) is 71.4 Å². The maximum absolute atomic E-state index is 12.4. The predicted octanol–water partition coefficient (Wildman–Crippen LogP) is 3.54. The topological polar surface area (TPSA) is 87.7 Å². The highest BCUT2D eigenvalue weighted by atomic mass is 35.5. The van der Waals surface area contributed by atoms with Gasteiger partial charge in [0.1, 0.15) is 5.75 Å². The Hall–Kier alpha value is -1.51. The van der Waals surface area contributed by atoms with E-state index in [0.717, 1.165) is 49.4 Å². The van der Waals surface area contributed by atoms with Gasteiger partial charge in [0.05, 0.1) is 11.4 Å². The molecule has 1 aliphatic carbocycles. The summed E-state index contributed by atoms with van der Waals surface area (Å²) in [5, 5.41) is 3.49. The van der Waals surface area contributed by atoms with Crippen molar-refractivity contribution < 1.29 is 17.9 Å². The Kier molecular flexibility index (Phi) is 8.42. The molecule has 0 bridgehead atoms. The molecule has 2 aliphatic rings. The Morgan fingerprint density at radius 2 is 1.87 bits per heavy atom. The van der Waals surface area contributed by atoms with Crippen molar-refractivity contribution in [3.05, 3.63) is 18.2 Å². The van der Waals surface area contributed by atoms with Gasteiger partial charge >= 0.3 is 0 Å². The van der Waals surface area contributed by atoms with Crippen LogP contribution in [0.25, 0.3) is 0 Å². The van der Waals surface area contributed by atoms with E-state index in [2.05, 4.69) is 10.0 Å². The number of hydrogen-bond donors (Lipinski definition) is 2. The number of halogens is 1. The van der Waals surface area contributed by atoms with Crippen molar-refractivity contribution in [3.63, 3.8) is 0 Å². The number of sulfonamides is 1. The van der Waals surface area contributed by atoms with E-state index in [0.29, 0.717) is 5.92 Å². The van der Waals surface area contributed by atoms with E-state index >= 15 is 0 Å². The Morgan fingerprint density at radius 1 is 1.20 bits per heavy atom. The Bertz CT molecular complexity index is 839. The van der Waals surface area contributed by atoms with Crippen LogP contribution >= 0.6 is 12.4 Å². The van der Waals surface area contributed by atoms with E-state index in [9.17, 15) is 13.2 Å². The van der Waals surface area contributed by atoms with E-state index in [-0.39, 0.29) is 36.2 Å². The second-order valence-corrected chi connectivity index (χ2v) is 10.4. The monoisotopic (exact) mass is 459 g/mol. The van der Waals surface area contributed by atoms with Crippen LogP contribution in [-0.4, -0.2) is 44.8 Å². The Morgan fingerprint density at radius 3 is 2.47 bits per heavy atom. The molecule has 9 heteroatoms. The number of nitrogens with zero attached hydrogens (tertiary/aromatic N) is 1. The van der Waals surface area contributed by atoms with Gasteiger partial charge in [0.2, 0.25) is 10.0 Å². The third-order valence-electron chi connectivity index (χ3n) is 5.79. The minimum absolute atomic E-state index is 0. The molecule has 1 fully saturated rings. The van der Waals surface area contributed by atoms with Crippen molar-refractivity contribution in [2.24, 2.45) is 5.92 Å². The van der Waals surface area contributed by atoms with Gasteiger partial charge in [0.25, 0.3) is 5.91 Å². The number of ether oxygens (including phenoxy) is 1. The van der Waals surface area contributed by atoms with Gasteiger partial charge in [-0.2, -0.15) is 0 Å². The lowest BCUT2D eigenvalue weighted by Crippen LogP contribution is -2.47. The summed E-state index contributed by atoms with van der Waals surface area (Å²) < 4.78 is 32.1. The summed E-state index contributed by atoms with van der Waals surface area (Å²) >= 11 is 0.